The van der Waals surface area contributed by atoms with Crippen LogP contribution in [0.25, 0.3) is 0 Å². The average Bonchev–Trinajstić information content (AvgIpc) is 2.98. The number of fused-ring (bicyclic) bond motifs is 1. The molecular formula is C21H37N3O3Si. The molecule has 0 radical (unpaired) electrons. The van der Waals surface area contributed by atoms with Crippen molar-refractivity contribution in [1.82, 2.24) is 15.1 Å². The molecule has 0 atom stereocenters. The van der Waals surface area contributed by atoms with Gasteiger partial charge in [0.1, 0.15) is 11.4 Å². The summed E-state index contributed by atoms with van der Waals surface area (Å²) in [5.41, 5.74) is 3.34. The number of hydrogen-bond donors (Lipinski definition) is 1. The Balaban J connectivity index is 2.27. The largest absolute Gasteiger partial charge is 0.414 e. The van der Waals surface area contributed by atoms with Gasteiger partial charge in [-0.2, -0.15) is 5.10 Å². The zero-order valence-electron chi connectivity index (χ0n) is 18.6. The molecule has 1 N–H and O–H groups in total. The third kappa shape index (κ3) is 4.25. The van der Waals surface area contributed by atoms with Crippen LogP contribution >= 0.6 is 0 Å². The number of Topliss-reactive ketones (excluding diaryl/α,β-unsaturated/α-hetero) is 1. The number of aromatic nitrogens is 2. The zero-order valence-corrected chi connectivity index (χ0v) is 19.6. The highest BCUT2D eigenvalue weighted by atomic mass is 28.4. The van der Waals surface area contributed by atoms with Gasteiger partial charge in [-0.05, 0) is 29.5 Å². The molecule has 2 rings (SSSR count). The Bertz CT molecular complexity index is 688. The lowest BCUT2D eigenvalue weighted by molar-refractivity contribution is 0.0932. The molecule has 158 valence electrons. The minimum absolute atomic E-state index is 0.0309. The molecule has 1 aromatic heterocycles. The number of amides is 1. The summed E-state index contributed by atoms with van der Waals surface area (Å²) in [6.07, 6.45) is 1.90. The van der Waals surface area contributed by atoms with E-state index in [1.54, 1.807) is 4.68 Å². The maximum Gasteiger partial charge on any atom is 0.269 e. The highest BCUT2D eigenvalue weighted by Crippen LogP contribution is 2.42. The van der Waals surface area contributed by atoms with Crippen molar-refractivity contribution in [2.75, 3.05) is 13.2 Å². The zero-order chi connectivity index (χ0) is 21.1. The van der Waals surface area contributed by atoms with Crippen molar-refractivity contribution in [2.24, 2.45) is 0 Å². The topological polar surface area (TPSA) is 73.2 Å². The van der Waals surface area contributed by atoms with E-state index in [-0.39, 0.29) is 11.7 Å². The van der Waals surface area contributed by atoms with Crippen LogP contribution in [0.1, 0.15) is 87.8 Å². The van der Waals surface area contributed by atoms with Crippen LogP contribution < -0.4 is 5.32 Å². The first kappa shape index (κ1) is 22.8. The van der Waals surface area contributed by atoms with E-state index < -0.39 is 8.32 Å². The Morgan fingerprint density at radius 3 is 2.32 bits per heavy atom. The van der Waals surface area contributed by atoms with Crippen LogP contribution in [-0.2, 0) is 17.4 Å². The lowest BCUT2D eigenvalue weighted by Crippen LogP contribution is -2.48. The minimum atomic E-state index is -1.97. The van der Waals surface area contributed by atoms with Crippen LogP contribution in [0.5, 0.6) is 0 Å². The fraction of sp³-hybridized carbons (Fsp3) is 0.762. The first-order valence-corrected chi connectivity index (χ1v) is 12.9. The number of nitrogens with zero attached hydrogens (tertiary/aromatic N) is 2. The maximum atomic E-state index is 12.5. The molecule has 0 aromatic carbocycles. The van der Waals surface area contributed by atoms with E-state index in [0.717, 1.165) is 12.0 Å². The maximum absolute atomic E-state index is 12.5. The number of nitrogens with one attached hydrogen (secondary N) is 1. The van der Waals surface area contributed by atoms with Crippen LogP contribution in [0.3, 0.4) is 0 Å². The predicted octanol–water partition coefficient (Wildman–Crippen LogP) is 4.34. The van der Waals surface area contributed by atoms with Gasteiger partial charge in [-0.3, -0.25) is 14.3 Å². The second-order valence-electron chi connectivity index (χ2n) is 8.74. The van der Waals surface area contributed by atoms with Crippen molar-refractivity contribution in [3.05, 3.63) is 17.0 Å². The summed E-state index contributed by atoms with van der Waals surface area (Å²) in [5, 5.41) is 7.44. The molecule has 1 aromatic rings. The van der Waals surface area contributed by atoms with Crippen molar-refractivity contribution in [2.45, 2.75) is 90.9 Å². The molecule has 7 heteroatoms. The molecule has 0 bridgehead atoms. The summed E-state index contributed by atoms with van der Waals surface area (Å²) in [7, 11) is -1.97. The first-order valence-electron chi connectivity index (χ1n) is 10.7. The third-order valence-electron chi connectivity index (χ3n) is 6.03. The van der Waals surface area contributed by atoms with Gasteiger partial charge in [0.25, 0.3) is 5.91 Å². The fourth-order valence-corrected chi connectivity index (χ4v) is 10.4. The smallest absolute Gasteiger partial charge is 0.269 e. The summed E-state index contributed by atoms with van der Waals surface area (Å²) < 4.78 is 8.32. The Morgan fingerprint density at radius 2 is 1.79 bits per heavy atom. The lowest BCUT2D eigenvalue weighted by atomic mass is 10.0. The van der Waals surface area contributed by atoms with Crippen molar-refractivity contribution < 1.29 is 14.0 Å². The van der Waals surface area contributed by atoms with E-state index in [9.17, 15) is 9.59 Å². The van der Waals surface area contributed by atoms with Crippen LogP contribution in [-0.4, -0.2) is 42.9 Å². The molecule has 28 heavy (non-hydrogen) atoms. The number of carbonyl (C=O) groups is 2. The summed E-state index contributed by atoms with van der Waals surface area (Å²) in [4.78, 5) is 25.0. The SMILES string of the molecule is CCCC(=O)c1nn(CCO[Si](C(C)C)(C(C)C)C(C)C)c2c1CCNC2=O. The quantitative estimate of drug-likeness (QED) is 0.462. The van der Waals surface area contributed by atoms with E-state index >= 15 is 0 Å². The summed E-state index contributed by atoms with van der Waals surface area (Å²) >= 11 is 0. The standard InChI is InChI=1S/C21H37N3O3Si/c1-8-9-18(25)19-17-10-11-22-21(26)20(17)24(23-19)12-13-27-28(14(2)3,15(4)5)16(6)7/h14-16H,8-13H2,1-7H3,(H,22,26). The molecule has 0 saturated heterocycles. The summed E-state index contributed by atoms with van der Waals surface area (Å²) in [6.45, 7) is 17.1. The van der Waals surface area contributed by atoms with Gasteiger partial charge in [0.2, 0.25) is 0 Å². The first-order chi connectivity index (χ1) is 13.2. The Kier molecular flexibility index (Phi) is 7.62. The molecule has 1 amide bonds. The molecule has 0 saturated carbocycles. The van der Waals surface area contributed by atoms with Crippen molar-refractivity contribution in [3.8, 4) is 0 Å². The van der Waals surface area contributed by atoms with Crippen LogP contribution in [0, 0.1) is 0 Å². The van der Waals surface area contributed by atoms with Gasteiger partial charge < -0.3 is 9.74 Å². The molecule has 0 spiro atoms. The van der Waals surface area contributed by atoms with Crippen LogP contribution in [0.4, 0.5) is 0 Å². The Labute approximate surface area is 170 Å². The van der Waals surface area contributed by atoms with E-state index in [2.05, 4.69) is 52.0 Å². The average molecular weight is 408 g/mol. The fourth-order valence-electron chi connectivity index (χ4n) is 4.92. The number of carbonyl (C=O) groups excluding carboxylic acids is 2. The van der Waals surface area contributed by atoms with E-state index in [1.165, 1.54) is 0 Å². The monoisotopic (exact) mass is 407 g/mol. The van der Waals surface area contributed by atoms with Gasteiger partial charge in [0, 0.05) is 18.5 Å². The minimum Gasteiger partial charge on any atom is -0.414 e. The van der Waals surface area contributed by atoms with Crippen LogP contribution in [0.15, 0.2) is 0 Å². The van der Waals surface area contributed by atoms with Crippen molar-refractivity contribution in [3.63, 3.8) is 0 Å². The molecule has 6 nitrogen and oxygen atoms in total. The van der Waals surface area contributed by atoms with Gasteiger partial charge in [-0.25, -0.2) is 0 Å². The second-order valence-corrected chi connectivity index (χ2v) is 14.2. The van der Waals surface area contributed by atoms with E-state index in [1.807, 2.05) is 6.92 Å². The lowest BCUT2D eigenvalue weighted by Gasteiger charge is -2.42. The molecule has 0 aliphatic carbocycles. The van der Waals surface area contributed by atoms with Gasteiger partial charge in [0.05, 0.1) is 13.2 Å². The Morgan fingerprint density at radius 1 is 1.18 bits per heavy atom. The number of hydrogen-bond acceptors (Lipinski definition) is 4. The normalized spacial score (nSPS) is 14.7. The van der Waals surface area contributed by atoms with E-state index in [4.69, 9.17) is 4.43 Å². The van der Waals surface area contributed by atoms with Gasteiger partial charge in [-0.1, -0.05) is 48.5 Å². The van der Waals surface area contributed by atoms with Crippen LogP contribution in [0.2, 0.25) is 16.6 Å². The van der Waals surface area contributed by atoms with Crippen molar-refractivity contribution in [1.29, 1.82) is 0 Å². The summed E-state index contributed by atoms with van der Waals surface area (Å²) in [6, 6.07) is 0. The molecule has 2 heterocycles. The molecular weight excluding hydrogens is 370 g/mol. The van der Waals surface area contributed by atoms with Crippen molar-refractivity contribution >= 4 is 20.0 Å². The van der Waals surface area contributed by atoms with Gasteiger partial charge in [-0.15, -0.1) is 0 Å². The highest BCUT2D eigenvalue weighted by Gasteiger charge is 2.45. The molecule has 1 aliphatic rings. The number of rotatable bonds is 10. The van der Waals surface area contributed by atoms with Gasteiger partial charge in [0.15, 0.2) is 14.1 Å². The summed E-state index contributed by atoms with van der Waals surface area (Å²) in [5.74, 6) is -0.104. The predicted molar refractivity (Wildman–Crippen MR) is 115 cm³/mol. The molecule has 1 aliphatic heterocycles. The van der Waals surface area contributed by atoms with Gasteiger partial charge >= 0.3 is 0 Å². The molecule has 0 unspecified atom stereocenters. The number of ketones is 1. The second kappa shape index (κ2) is 9.35. The van der Waals surface area contributed by atoms with E-state index in [0.29, 0.717) is 60.5 Å². The Hall–Kier alpha value is -1.47. The molecule has 0 fully saturated rings. The highest BCUT2D eigenvalue weighted by molar-refractivity contribution is 6.77. The third-order valence-corrected chi connectivity index (χ3v) is 12.1.